The highest BCUT2D eigenvalue weighted by molar-refractivity contribution is 6.04. The van der Waals surface area contributed by atoms with Crippen LogP contribution in [0.2, 0.25) is 0 Å². The smallest absolute Gasteiger partial charge is 0.395 e. The zero-order chi connectivity index (χ0) is 14.6. The van der Waals surface area contributed by atoms with Crippen LogP contribution in [0, 0.1) is 0 Å². The molecule has 19 heavy (non-hydrogen) atoms. The summed E-state index contributed by atoms with van der Waals surface area (Å²) < 4.78 is 36.7. The molecule has 0 aromatic heterocycles. The molecule has 1 rings (SSSR count). The van der Waals surface area contributed by atoms with E-state index in [-0.39, 0.29) is 6.54 Å². The highest BCUT2D eigenvalue weighted by Gasteiger charge is 2.36. The van der Waals surface area contributed by atoms with Crippen molar-refractivity contribution in [1.82, 2.24) is 15.1 Å². The minimum atomic E-state index is -4.62. The number of hydrogen-bond acceptors (Lipinski definition) is 4. The first kappa shape index (κ1) is 15.2. The lowest BCUT2D eigenvalue weighted by atomic mass is 10.4. The van der Waals surface area contributed by atoms with Gasteiger partial charge >= 0.3 is 12.2 Å². The summed E-state index contributed by atoms with van der Waals surface area (Å²) in [5.74, 6) is -1.74. The van der Waals surface area contributed by atoms with Crippen LogP contribution in [0.5, 0.6) is 0 Å². The maximum Gasteiger partial charge on any atom is 0.406 e. The van der Waals surface area contributed by atoms with Crippen molar-refractivity contribution in [3.05, 3.63) is 0 Å². The molecule has 0 atom stereocenters. The van der Waals surface area contributed by atoms with Gasteiger partial charge in [-0.1, -0.05) is 0 Å². The molecule has 0 aromatic carbocycles. The second-order valence-corrected chi connectivity index (χ2v) is 3.79. The number of alkyl halides is 3. The fraction of sp³-hybridized carbons (Fsp3) is 0.667. The van der Waals surface area contributed by atoms with E-state index in [2.05, 4.69) is 5.32 Å². The van der Waals surface area contributed by atoms with Gasteiger partial charge in [-0.2, -0.15) is 13.2 Å². The molecule has 4 amide bonds. The summed E-state index contributed by atoms with van der Waals surface area (Å²) >= 11 is 0. The van der Waals surface area contributed by atoms with Crippen LogP contribution in [0.3, 0.4) is 0 Å². The Morgan fingerprint density at radius 1 is 1.42 bits per heavy atom. The highest BCUT2D eigenvalue weighted by Crippen LogP contribution is 2.16. The molecule has 1 heterocycles. The van der Waals surface area contributed by atoms with Gasteiger partial charge in [0.15, 0.2) is 0 Å². The van der Waals surface area contributed by atoms with E-state index in [0.717, 1.165) is 0 Å². The molecule has 7 nitrogen and oxygen atoms in total. The first-order valence-electron chi connectivity index (χ1n) is 5.28. The van der Waals surface area contributed by atoms with Gasteiger partial charge in [0.2, 0.25) is 5.91 Å². The topological polar surface area (TPSA) is 90.0 Å². The van der Waals surface area contributed by atoms with Crippen LogP contribution >= 0.6 is 0 Å². The first-order valence-corrected chi connectivity index (χ1v) is 5.28. The number of urea groups is 1. The predicted molar refractivity (Wildman–Crippen MR) is 54.8 cm³/mol. The molecule has 0 aromatic rings. The van der Waals surface area contributed by atoms with E-state index in [9.17, 15) is 27.6 Å². The Hall–Kier alpha value is -1.84. The van der Waals surface area contributed by atoms with Crippen molar-refractivity contribution in [3.63, 3.8) is 0 Å². The van der Waals surface area contributed by atoms with E-state index >= 15 is 0 Å². The molecule has 0 bridgehead atoms. The molecule has 0 unspecified atom stereocenters. The van der Waals surface area contributed by atoms with Crippen LogP contribution in [-0.4, -0.2) is 71.7 Å². The summed E-state index contributed by atoms with van der Waals surface area (Å²) in [6.45, 7) is -3.79. The summed E-state index contributed by atoms with van der Waals surface area (Å²) in [5, 5.41) is 10.8. The average Bonchev–Trinajstić information content (AvgIpc) is 2.58. The van der Waals surface area contributed by atoms with Gasteiger partial charge in [-0.25, -0.2) is 4.79 Å². The molecule has 0 radical (unpaired) electrons. The Morgan fingerprint density at radius 3 is 2.47 bits per heavy atom. The number of aliphatic hydroxyl groups is 1. The lowest BCUT2D eigenvalue weighted by molar-refractivity contribution is -0.162. The van der Waals surface area contributed by atoms with Crippen LogP contribution in [0.15, 0.2) is 0 Å². The van der Waals surface area contributed by atoms with Gasteiger partial charge in [0, 0.05) is 6.54 Å². The third-order valence-electron chi connectivity index (χ3n) is 2.32. The minimum absolute atomic E-state index is 0.286. The Balaban J connectivity index is 2.66. The predicted octanol–water partition coefficient (Wildman–Crippen LogP) is -1.08. The molecular formula is C9H12F3N3O4. The number of imide groups is 1. The summed E-state index contributed by atoms with van der Waals surface area (Å²) in [5.41, 5.74) is 0. The molecule has 10 heteroatoms. The van der Waals surface area contributed by atoms with Crippen molar-refractivity contribution in [2.75, 3.05) is 32.8 Å². The maximum absolute atomic E-state index is 12.2. The number of halogens is 3. The Morgan fingerprint density at radius 2 is 2.05 bits per heavy atom. The number of carbonyl (C=O) groups excluding carboxylic acids is 3. The van der Waals surface area contributed by atoms with E-state index in [1.165, 1.54) is 0 Å². The zero-order valence-corrected chi connectivity index (χ0v) is 9.74. The van der Waals surface area contributed by atoms with Crippen molar-refractivity contribution in [3.8, 4) is 0 Å². The number of carbonyl (C=O) groups is 3. The lowest BCUT2D eigenvalue weighted by Crippen LogP contribution is -2.47. The molecule has 1 fully saturated rings. The van der Waals surface area contributed by atoms with Crippen molar-refractivity contribution in [2.24, 2.45) is 0 Å². The van der Waals surface area contributed by atoms with Crippen molar-refractivity contribution < 1.29 is 32.7 Å². The van der Waals surface area contributed by atoms with Gasteiger partial charge in [0.05, 0.1) is 13.2 Å². The van der Waals surface area contributed by atoms with Gasteiger partial charge in [0.1, 0.15) is 13.1 Å². The monoisotopic (exact) mass is 283 g/mol. The summed E-state index contributed by atoms with van der Waals surface area (Å²) in [6.07, 6.45) is -4.62. The van der Waals surface area contributed by atoms with Crippen LogP contribution in [0.1, 0.15) is 0 Å². The minimum Gasteiger partial charge on any atom is -0.395 e. The molecule has 1 saturated heterocycles. The summed E-state index contributed by atoms with van der Waals surface area (Å²) in [4.78, 5) is 34.8. The summed E-state index contributed by atoms with van der Waals surface area (Å²) in [6, 6.07) is -0.825. The number of rotatable bonds is 5. The molecule has 108 valence electrons. The van der Waals surface area contributed by atoms with Gasteiger partial charge in [-0.3, -0.25) is 14.5 Å². The van der Waals surface area contributed by atoms with Crippen molar-refractivity contribution in [1.29, 1.82) is 0 Å². The fourth-order valence-corrected chi connectivity index (χ4v) is 1.48. The number of hydrogen-bond donors (Lipinski definition) is 2. The SMILES string of the molecule is O=C(CN1C(=O)CNC1=O)N(CCO)CC(F)(F)F. The van der Waals surface area contributed by atoms with Crippen molar-refractivity contribution in [2.45, 2.75) is 6.18 Å². The fourth-order valence-electron chi connectivity index (χ4n) is 1.48. The van der Waals surface area contributed by atoms with Crippen molar-refractivity contribution >= 4 is 17.8 Å². The zero-order valence-electron chi connectivity index (χ0n) is 9.74. The Kier molecular flexibility index (Phi) is 4.70. The molecule has 0 spiro atoms. The molecule has 1 aliphatic heterocycles. The average molecular weight is 283 g/mol. The third kappa shape index (κ3) is 4.39. The number of aliphatic hydroxyl groups excluding tert-OH is 1. The molecule has 0 saturated carbocycles. The van der Waals surface area contributed by atoms with Gasteiger partial charge in [-0.05, 0) is 0 Å². The van der Waals surface area contributed by atoms with Crippen LogP contribution in [0.25, 0.3) is 0 Å². The number of nitrogens with one attached hydrogen (secondary N) is 1. The Labute approximate surface area is 105 Å². The molecule has 2 N–H and O–H groups in total. The second kappa shape index (κ2) is 5.87. The highest BCUT2D eigenvalue weighted by atomic mass is 19.4. The van der Waals surface area contributed by atoms with Crippen LogP contribution in [0.4, 0.5) is 18.0 Å². The molecule has 1 aliphatic rings. The largest absolute Gasteiger partial charge is 0.406 e. The second-order valence-electron chi connectivity index (χ2n) is 3.79. The first-order chi connectivity index (χ1) is 8.74. The quantitative estimate of drug-likeness (QED) is 0.628. The number of amides is 4. The van der Waals surface area contributed by atoms with E-state index in [1.54, 1.807) is 0 Å². The maximum atomic E-state index is 12.2. The van der Waals surface area contributed by atoms with Gasteiger partial charge in [-0.15, -0.1) is 0 Å². The van der Waals surface area contributed by atoms with E-state index < -0.39 is 50.3 Å². The molecule has 0 aliphatic carbocycles. The van der Waals surface area contributed by atoms with Gasteiger partial charge in [0.25, 0.3) is 5.91 Å². The number of nitrogens with zero attached hydrogens (tertiary/aromatic N) is 2. The van der Waals surface area contributed by atoms with Crippen LogP contribution in [-0.2, 0) is 9.59 Å². The lowest BCUT2D eigenvalue weighted by Gasteiger charge is -2.24. The molecular weight excluding hydrogens is 271 g/mol. The van der Waals surface area contributed by atoms with Gasteiger partial charge < -0.3 is 15.3 Å². The standard InChI is InChI=1S/C9H12F3N3O4/c10-9(11,12)5-14(1-2-16)7(18)4-15-6(17)3-13-8(15)19/h16H,1-5H2,(H,13,19). The Bertz CT molecular complexity index is 369. The van der Waals surface area contributed by atoms with E-state index in [4.69, 9.17) is 5.11 Å². The van der Waals surface area contributed by atoms with E-state index in [0.29, 0.717) is 9.80 Å². The normalized spacial score (nSPS) is 15.7. The van der Waals surface area contributed by atoms with E-state index in [1.807, 2.05) is 0 Å². The van der Waals surface area contributed by atoms with Crippen LogP contribution < -0.4 is 5.32 Å². The third-order valence-corrected chi connectivity index (χ3v) is 2.32. The summed E-state index contributed by atoms with van der Waals surface area (Å²) in [7, 11) is 0.